The maximum atomic E-state index is 11.7. The maximum absolute atomic E-state index is 11.7. The summed E-state index contributed by atoms with van der Waals surface area (Å²) in [5.74, 6) is 0.201. The number of halogens is 1. The number of hydrogen-bond donors (Lipinski definition) is 2. The number of hydrogen-bond acceptors (Lipinski definition) is 6. The van der Waals surface area contributed by atoms with Gasteiger partial charge in [0.2, 0.25) is 5.91 Å². The van der Waals surface area contributed by atoms with Crippen molar-refractivity contribution in [2.75, 3.05) is 16.8 Å². The van der Waals surface area contributed by atoms with Crippen LogP contribution < -0.4 is 11.1 Å². The lowest BCUT2D eigenvalue weighted by atomic mass is 10.3. The van der Waals surface area contributed by atoms with Gasteiger partial charge in [0.05, 0.1) is 11.4 Å². The van der Waals surface area contributed by atoms with E-state index in [4.69, 9.17) is 5.73 Å². The molecule has 0 saturated heterocycles. The normalized spacial score (nSPS) is 10.3. The molecule has 5 nitrogen and oxygen atoms in total. The quantitative estimate of drug-likeness (QED) is 0.658. The van der Waals surface area contributed by atoms with E-state index in [1.54, 1.807) is 23.7 Å². The molecule has 0 spiro atoms. The Morgan fingerprint density at radius 1 is 1.56 bits per heavy atom. The molecule has 1 heterocycles. The van der Waals surface area contributed by atoms with E-state index in [2.05, 4.69) is 31.4 Å². The summed E-state index contributed by atoms with van der Waals surface area (Å²) in [7, 11) is 0. The molecule has 0 atom stereocenters. The molecule has 8 heteroatoms. The van der Waals surface area contributed by atoms with E-state index in [0.29, 0.717) is 17.1 Å². The third-order valence-electron chi connectivity index (χ3n) is 1.93. The summed E-state index contributed by atoms with van der Waals surface area (Å²) in [6, 6.07) is 5.23. The molecule has 0 unspecified atom stereocenters. The molecule has 0 bridgehead atoms. The Labute approximate surface area is 120 Å². The molecule has 0 radical (unpaired) electrons. The number of rotatable bonds is 4. The molecule has 1 aromatic heterocycles. The summed E-state index contributed by atoms with van der Waals surface area (Å²) in [5.41, 5.74) is 8.60. The molecular formula is C10H9BrN4OS2. The Morgan fingerprint density at radius 3 is 3.06 bits per heavy atom. The molecule has 0 aliphatic carbocycles. The maximum Gasteiger partial charge on any atom is 0.234 e. The van der Waals surface area contributed by atoms with Crippen LogP contribution in [0.5, 0.6) is 0 Å². The van der Waals surface area contributed by atoms with Gasteiger partial charge in [0.25, 0.3) is 0 Å². The van der Waals surface area contributed by atoms with Gasteiger partial charge in [-0.15, -0.1) is 10.2 Å². The summed E-state index contributed by atoms with van der Waals surface area (Å²) in [4.78, 5) is 11.7. The molecular weight excluding hydrogens is 336 g/mol. The number of nitrogen functional groups attached to an aromatic ring is 1. The predicted molar refractivity (Wildman–Crippen MR) is 77.8 cm³/mol. The van der Waals surface area contributed by atoms with Crippen molar-refractivity contribution in [3.05, 3.63) is 28.2 Å². The van der Waals surface area contributed by atoms with E-state index in [9.17, 15) is 4.79 Å². The molecule has 0 aliphatic rings. The van der Waals surface area contributed by atoms with E-state index >= 15 is 0 Å². The zero-order chi connectivity index (χ0) is 13.0. The predicted octanol–water partition coefficient (Wildman–Crippen LogP) is 2.61. The van der Waals surface area contributed by atoms with Crippen molar-refractivity contribution >= 4 is 56.3 Å². The Kier molecular flexibility index (Phi) is 4.56. The van der Waals surface area contributed by atoms with Crippen LogP contribution >= 0.6 is 39.0 Å². The highest BCUT2D eigenvalue weighted by Gasteiger charge is 2.07. The SMILES string of the molecule is Nc1ccc(NC(=O)CSc2nncs2)c(Br)c1. The minimum absolute atomic E-state index is 0.0966. The second-order valence-electron chi connectivity index (χ2n) is 3.28. The van der Waals surface area contributed by atoms with Gasteiger partial charge < -0.3 is 11.1 Å². The first-order valence-electron chi connectivity index (χ1n) is 4.89. The summed E-state index contributed by atoms with van der Waals surface area (Å²) in [6.07, 6.45) is 0. The van der Waals surface area contributed by atoms with Crippen molar-refractivity contribution in [3.63, 3.8) is 0 Å². The fraction of sp³-hybridized carbons (Fsp3) is 0.100. The third-order valence-corrected chi connectivity index (χ3v) is 4.45. The van der Waals surface area contributed by atoms with Crippen LogP contribution in [0.3, 0.4) is 0 Å². The van der Waals surface area contributed by atoms with Gasteiger partial charge in [0, 0.05) is 10.2 Å². The third kappa shape index (κ3) is 3.69. The fourth-order valence-electron chi connectivity index (χ4n) is 1.17. The smallest absolute Gasteiger partial charge is 0.234 e. The van der Waals surface area contributed by atoms with Gasteiger partial charge in [0.15, 0.2) is 4.34 Å². The minimum atomic E-state index is -0.0966. The van der Waals surface area contributed by atoms with Crippen LogP contribution in [-0.4, -0.2) is 21.9 Å². The molecule has 2 aromatic rings. The number of nitrogens with zero attached hydrogens (tertiary/aromatic N) is 2. The van der Waals surface area contributed by atoms with Crippen molar-refractivity contribution in [2.45, 2.75) is 4.34 Å². The fourth-order valence-corrected chi connectivity index (χ4v) is 2.96. The molecule has 0 saturated carbocycles. The summed E-state index contributed by atoms with van der Waals surface area (Å²) in [5, 5.41) is 10.3. The lowest BCUT2D eigenvalue weighted by molar-refractivity contribution is -0.113. The minimum Gasteiger partial charge on any atom is -0.399 e. The van der Waals surface area contributed by atoms with E-state index < -0.39 is 0 Å². The van der Waals surface area contributed by atoms with E-state index in [1.807, 2.05) is 0 Å². The van der Waals surface area contributed by atoms with Gasteiger partial charge in [0.1, 0.15) is 5.51 Å². The molecule has 94 valence electrons. The van der Waals surface area contributed by atoms with Gasteiger partial charge in [-0.25, -0.2) is 0 Å². The molecule has 3 N–H and O–H groups in total. The van der Waals surface area contributed by atoms with Gasteiger partial charge in [-0.1, -0.05) is 23.1 Å². The van der Waals surface area contributed by atoms with Crippen molar-refractivity contribution in [2.24, 2.45) is 0 Å². The average Bonchev–Trinajstić information content (AvgIpc) is 2.83. The molecule has 2 rings (SSSR count). The Balaban J connectivity index is 1.91. The lowest BCUT2D eigenvalue weighted by Crippen LogP contribution is -2.14. The largest absolute Gasteiger partial charge is 0.399 e. The molecule has 0 fully saturated rings. The average molecular weight is 345 g/mol. The monoisotopic (exact) mass is 344 g/mol. The second-order valence-corrected chi connectivity index (χ2v) is 6.19. The van der Waals surface area contributed by atoms with Crippen LogP contribution in [0.25, 0.3) is 0 Å². The number of aromatic nitrogens is 2. The van der Waals surface area contributed by atoms with Gasteiger partial charge >= 0.3 is 0 Å². The highest BCUT2D eigenvalue weighted by molar-refractivity contribution is 9.10. The van der Waals surface area contributed by atoms with Crippen molar-refractivity contribution < 1.29 is 4.79 Å². The Bertz CT molecular complexity index is 547. The van der Waals surface area contributed by atoms with Crippen molar-refractivity contribution in [3.8, 4) is 0 Å². The molecule has 1 aromatic carbocycles. The Morgan fingerprint density at radius 2 is 2.39 bits per heavy atom. The second kappa shape index (κ2) is 6.17. The first-order chi connectivity index (χ1) is 8.65. The number of amides is 1. The first-order valence-corrected chi connectivity index (χ1v) is 7.55. The van der Waals surface area contributed by atoms with Crippen LogP contribution in [-0.2, 0) is 4.79 Å². The molecule has 18 heavy (non-hydrogen) atoms. The van der Waals surface area contributed by atoms with Crippen LogP contribution in [0.2, 0.25) is 0 Å². The molecule has 1 amide bonds. The first kappa shape index (κ1) is 13.3. The lowest BCUT2D eigenvalue weighted by Gasteiger charge is -2.07. The Hall–Kier alpha value is -1.12. The number of carbonyl (C=O) groups is 1. The zero-order valence-corrected chi connectivity index (χ0v) is 12.3. The van der Waals surface area contributed by atoms with Gasteiger partial charge in [-0.05, 0) is 34.1 Å². The number of thioether (sulfide) groups is 1. The van der Waals surface area contributed by atoms with Gasteiger partial charge in [-0.2, -0.15) is 0 Å². The zero-order valence-electron chi connectivity index (χ0n) is 9.09. The van der Waals surface area contributed by atoms with Crippen LogP contribution in [0.4, 0.5) is 11.4 Å². The van der Waals surface area contributed by atoms with Crippen molar-refractivity contribution in [1.82, 2.24) is 10.2 Å². The number of nitrogens with two attached hydrogens (primary N) is 1. The number of benzene rings is 1. The number of anilines is 2. The summed E-state index contributed by atoms with van der Waals surface area (Å²) < 4.78 is 1.54. The van der Waals surface area contributed by atoms with Crippen molar-refractivity contribution in [1.29, 1.82) is 0 Å². The van der Waals surface area contributed by atoms with Gasteiger partial charge in [-0.3, -0.25) is 4.79 Å². The highest BCUT2D eigenvalue weighted by atomic mass is 79.9. The summed E-state index contributed by atoms with van der Waals surface area (Å²) >= 11 is 6.11. The van der Waals surface area contributed by atoms with E-state index in [1.165, 1.54) is 23.1 Å². The number of nitrogens with one attached hydrogen (secondary N) is 1. The van der Waals surface area contributed by atoms with Crippen LogP contribution in [0.15, 0.2) is 32.5 Å². The standard InChI is InChI=1S/C10H9BrN4OS2/c11-7-3-6(12)1-2-8(7)14-9(16)4-17-10-15-13-5-18-10/h1-3,5H,4,12H2,(H,14,16). The van der Waals surface area contributed by atoms with Crippen LogP contribution in [0, 0.1) is 0 Å². The van der Waals surface area contributed by atoms with Crippen LogP contribution in [0.1, 0.15) is 0 Å². The molecule has 0 aliphatic heterocycles. The topological polar surface area (TPSA) is 80.9 Å². The highest BCUT2D eigenvalue weighted by Crippen LogP contribution is 2.25. The number of carbonyl (C=O) groups excluding carboxylic acids is 1. The van der Waals surface area contributed by atoms with E-state index in [0.717, 1.165) is 8.81 Å². The summed E-state index contributed by atoms with van der Waals surface area (Å²) in [6.45, 7) is 0. The van der Waals surface area contributed by atoms with E-state index in [-0.39, 0.29) is 5.91 Å².